The molecule has 7 nitrogen and oxygen atoms in total. The van der Waals surface area contributed by atoms with Crippen molar-refractivity contribution in [2.75, 3.05) is 34.0 Å². The summed E-state index contributed by atoms with van der Waals surface area (Å²) >= 11 is 0. The molecule has 0 atom stereocenters. The van der Waals surface area contributed by atoms with E-state index in [1.165, 1.54) is 14.2 Å². The summed E-state index contributed by atoms with van der Waals surface area (Å²) < 4.78 is 26.8. The molecule has 148 valence electrons. The minimum atomic E-state index is -0.640. The Labute approximate surface area is 163 Å². The minimum Gasteiger partial charge on any atom is -0.496 e. The van der Waals surface area contributed by atoms with Crippen LogP contribution in [0.15, 0.2) is 30.3 Å². The van der Waals surface area contributed by atoms with Crippen molar-refractivity contribution in [3.05, 3.63) is 47.0 Å². The highest BCUT2D eigenvalue weighted by molar-refractivity contribution is 6.00. The normalized spacial score (nSPS) is 12.7. The quantitative estimate of drug-likeness (QED) is 0.557. The summed E-state index contributed by atoms with van der Waals surface area (Å²) in [5.41, 5.74) is 1.40. The maximum absolute atomic E-state index is 12.4. The molecule has 0 N–H and O–H groups in total. The maximum Gasteiger partial charge on any atom is 0.338 e. The van der Waals surface area contributed by atoms with E-state index in [9.17, 15) is 9.59 Å². The molecule has 0 aliphatic carbocycles. The number of esters is 1. The van der Waals surface area contributed by atoms with Crippen LogP contribution in [0.2, 0.25) is 0 Å². The van der Waals surface area contributed by atoms with Crippen LogP contribution < -0.4 is 18.9 Å². The van der Waals surface area contributed by atoms with Gasteiger partial charge in [0.25, 0.3) is 0 Å². The summed E-state index contributed by atoms with van der Waals surface area (Å²) in [6, 6.07) is 8.03. The van der Waals surface area contributed by atoms with Crippen molar-refractivity contribution in [2.45, 2.75) is 13.3 Å². The fourth-order valence-corrected chi connectivity index (χ4v) is 2.84. The van der Waals surface area contributed by atoms with Crippen LogP contribution >= 0.6 is 0 Å². The van der Waals surface area contributed by atoms with Gasteiger partial charge in [-0.05, 0) is 37.3 Å². The molecule has 1 aliphatic rings. The lowest BCUT2D eigenvalue weighted by atomic mass is 10.1. The minimum absolute atomic E-state index is 0.241. The summed E-state index contributed by atoms with van der Waals surface area (Å²) in [6.45, 7) is 2.52. The standard InChI is InChI=1S/C21H22O7/c1-13-18(24-2)10-15(11-19(13)25-3)21(23)28-12-16(22)14-5-6-17-20(9-14)27-8-4-7-26-17/h5-6,9-11H,4,7-8,12H2,1-3H3. The van der Waals surface area contributed by atoms with E-state index in [0.717, 1.165) is 12.0 Å². The SMILES string of the molecule is COc1cc(C(=O)OCC(=O)c2ccc3c(c2)OCCCO3)cc(OC)c1C. The van der Waals surface area contributed by atoms with E-state index in [-0.39, 0.29) is 11.3 Å². The Morgan fingerprint density at radius 3 is 2.21 bits per heavy atom. The second-order valence-electron chi connectivity index (χ2n) is 6.22. The third-order valence-electron chi connectivity index (χ3n) is 4.39. The van der Waals surface area contributed by atoms with Gasteiger partial charge < -0.3 is 23.7 Å². The second-order valence-corrected chi connectivity index (χ2v) is 6.22. The highest BCUT2D eigenvalue weighted by Crippen LogP contribution is 2.31. The van der Waals surface area contributed by atoms with Crippen LogP contribution in [0, 0.1) is 6.92 Å². The van der Waals surface area contributed by atoms with Gasteiger partial charge in [-0.2, -0.15) is 0 Å². The average Bonchev–Trinajstić information content (AvgIpc) is 2.96. The fourth-order valence-electron chi connectivity index (χ4n) is 2.84. The van der Waals surface area contributed by atoms with Gasteiger partial charge in [0, 0.05) is 17.5 Å². The average molecular weight is 386 g/mol. The summed E-state index contributed by atoms with van der Waals surface area (Å²) in [7, 11) is 3.01. The van der Waals surface area contributed by atoms with E-state index in [2.05, 4.69) is 0 Å². The van der Waals surface area contributed by atoms with Gasteiger partial charge in [-0.1, -0.05) is 0 Å². The van der Waals surface area contributed by atoms with Crippen LogP contribution in [0.5, 0.6) is 23.0 Å². The topological polar surface area (TPSA) is 80.3 Å². The van der Waals surface area contributed by atoms with E-state index < -0.39 is 12.6 Å². The first-order valence-corrected chi connectivity index (χ1v) is 8.86. The van der Waals surface area contributed by atoms with E-state index in [1.54, 1.807) is 30.3 Å². The smallest absolute Gasteiger partial charge is 0.338 e. The zero-order chi connectivity index (χ0) is 20.1. The van der Waals surface area contributed by atoms with Gasteiger partial charge in [-0.3, -0.25) is 4.79 Å². The van der Waals surface area contributed by atoms with Gasteiger partial charge in [0.05, 0.1) is 33.0 Å². The van der Waals surface area contributed by atoms with Crippen molar-refractivity contribution in [2.24, 2.45) is 0 Å². The van der Waals surface area contributed by atoms with Gasteiger partial charge in [-0.25, -0.2) is 4.79 Å². The second kappa shape index (κ2) is 8.65. The number of rotatable bonds is 6. The van der Waals surface area contributed by atoms with Crippen LogP contribution in [0.1, 0.15) is 32.7 Å². The molecule has 0 aromatic heterocycles. The number of hydrogen-bond acceptors (Lipinski definition) is 7. The van der Waals surface area contributed by atoms with Crippen LogP contribution in [0.4, 0.5) is 0 Å². The number of ether oxygens (including phenoxy) is 5. The predicted molar refractivity (Wildman–Crippen MR) is 101 cm³/mol. The summed E-state index contributed by atoms with van der Waals surface area (Å²) in [5.74, 6) is 1.14. The monoisotopic (exact) mass is 386 g/mol. The van der Waals surface area contributed by atoms with Crippen molar-refractivity contribution >= 4 is 11.8 Å². The number of hydrogen-bond donors (Lipinski definition) is 0. The predicted octanol–water partition coefficient (Wildman–Crippen LogP) is 3.21. The molecule has 0 unspecified atom stereocenters. The molecule has 3 rings (SSSR count). The van der Waals surface area contributed by atoms with Crippen molar-refractivity contribution in [3.63, 3.8) is 0 Å². The molecule has 2 aromatic carbocycles. The highest BCUT2D eigenvalue weighted by Gasteiger charge is 2.18. The van der Waals surface area contributed by atoms with Crippen LogP contribution in [-0.4, -0.2) is 45.8 Å². The Balaban J connectivity index is 1.69. The Hall–Kier alpha value is -3.22. The number of fused-ring (bicyclic) bond motifs is 1. The first-order chi connectivity index (χ1) is 13.5. The Kier molecular flexibility index (Phi) is 6.03. The number of benzene rings is 2. The largest absolute Gasteiger partial charge is 0.496 e. The molecular weight excluding hydrogens is 364 g/mol. The Morgan fingerprint density at radius 1 is 0.929 bits per heavy atom. The third-order valence-corrected chi connectivity index (χ3v) is 4.39. The summed E-state index contributed by atoms with van der Waals surface area (Å²) in [6.07, 6.45) is 0.777. The molecule has 0 radical (unpaired) electrons. The zero-order valence-corrected chi connectivity index (χ0v) is 16.1. The molecule has 0 amide bonds. The first-order valence-electron chi connectivity index (χ1n) is 8.86. The van der Waals surface area contributed by atoms with Crippen molar-refractivity contribution in [1.29, 1.82) is 0 Å². The number of Topliss-reactive ketones (excluding diaryl/α,β-unsaturated/α-hetero) is 1. The van der Waals surface area contributed by atoms with E-state index in [1.807, 2.05) is 6.92 Å². The van der Waals surface area contributed by atoms with Gasteiger partial charge in [-0.15, -0.1) is 0 Å². The number of methoxy groups -OCH3 is 2. The molecule has 2 aromatic rings. The number of ketones is 1. The lowest BCUT2D eigenvalue weighted by Gasteiger charge is -2.12. The summed E-state index contributed by atoms with van der Waals surface area (Å²) in [4.78, 5) is 24.8. The number of carbonyl (C=O) groups excluding carboxylic acids is 2. The van der Waals surface area contributed by atoms with Crippen molar-refractivity contribution in [3.8, 4) is 23.0 Å². The van der Waals surface area contributed by atoms with Gasteiger partial charge in [0.15, 0.2) is 23.9 Å². The van der Waals surface area contributed by atoms with Crippen LogP contribution in [0.25, 0.3) is 0 Å². The van der Waals surface area contributed by atoms with Crippen molar-refractivity contribution in [1.82, 2.24) is 0 Å². The first kappa shape index (κ1) is 19.5. The Morgan fingerprint density at radius 2 is 1.57 bits per heavy atom. The molecule has 0 spiro atoms. The molecule has 28 heavy (non-hydrogen) atoms. The number of carbonyl (C=O) groups is 2. The molecule has 0 saturated heterocycles. The molecular formula is C21H22O7. The molecule has 0 saturated carbocycles. The van der Waals surface area contributed by atoms with Gasteiger partial charge in [0.2, 0.25) is 0 Å². The van der Waals surface area contributed by atoms with E-state index in [4.69, 9.17) is 23.7 Å². The maximum atomic E-state index is 12.4. The fraction of sp³-hybridized carbons (Fsp3) is 0.333. The molecule has 1 aliphatic heterocycles. The van der Waals surface area contributed by atoms with E-state index in [0.29, 0.717) is 41.8 Å². The summed E-state index contributed by atoms with van der Waals surface area (Å²) in [5, 5.41) is 0. The highest BCUT2D eigenvalue weighted by atomic mass is 16.5. The zero-order valence-electron chi connectivity index (χ0n) is 16.1. The Bertz CT molecular complexity index is 863. The van der Waals surface area contributed by atoms with Crippen LogP contribution in [0.3, 0.4) is 0 Å². The van der Waals surface area contributed by atoms with Crippen molar-refractivity contribution < 1.29 is 33.3 Å². The van der Waals surface area contributed by atoms with E-state index >= 15 is 0 Å². The molecule has 0 fully saturated rings. The lowest BCUT2D eigenvalue weighted by Crippen LogP contribution is -2.15. The lowest BCUT2D eigenvalue weighted by molar-refractivity contribution is 0.0474. The molecule has 1 heterocycles. The van der Waals surface area contributed by atoms with Gasteiger partial charge >= 0.3 is 5.97 Å². The molecule has 7 heteroatoms. The van der Waals surface area contributed by atoms with Gasteiger partial charge in [0.1, 0.15) is 11.5 Å². The van der Waals surface area contributed by atoms with Crippen LogP contribution in [-0.2, 0) is 4.74 Å². The third kappa shape index (κ3) is 4.19. The molecule has 0 bridgehead atoms.